The number of hydrogen-bond donors (Lipinski definition) is 1. The van der Waals surface area contributed by atoms with Gasteiger partial charge < -0.3 is 4.98 Å². The van der Waals surface area contributed by atoms with Crippen LogP contribution in [-0.2, 0) is 25.7 Å². The second-order valence-corrected chi connectivity index (χ2v) is 9.16. The first-order valence-corrected chi connectivity index (χ1v) is 11.7. The smallest absolute Gasteiger partial charge is 0.305 e. The van der Waals surface area contributed by atoms with E-state index in [1.54, 1.807) is 0 Å². The number of hydrogen-bond acceptors (Lipinski definition) is 6. The molecule has 2 aromatic heterocycles. The quantitative estimate of drug-likeness (QED) is 0.608. The van der Waals surface area contributed by atoms with E-state index in [1.165, 1.54) is 23.5 Å². The fraction of sp³-hybridized carbons (Fsp3) is 0.391. The van der Waals surface area contributed by atoms with Crippen molar-refractivity contribution in [2.45, 2.75) is 44.9 Å². The number of aromatic nitrogens is 3. The third-order valence-electron chi connectivity index (χ3n) is 5.94. The van der Waals surface area contributed by atoms with Crippen LogP contribution >= 0.6 is 11.3 Å². The summed E-state index contributed by atoms with van der Waals surface area (Å²) < 4.78 is 38.4. The molecule has 0 saturated carbocycles. The van der Waals surface area contributed by atoms with Crippen LogP contribution < -0.4 is 5.56 Å². The summed E-state index contributed by atoms with van der Waals surface area (Å²) in [6.45, 7) is 2.58. The Bertz CT molecular complexity index is 1250. The summed E-state index contributed by atoms with van der Waals surface area (Å²) in [6.07, 6.45) is -0.691. The Balaban J connectivity index is 1.28. The van der Waals surface area contributed by atoms with Crippen LogP contribution in [-0.4, -0.2) is 38.7 Å². The minimum Gasteiger partial charge on any atom is -0.305 e. The summed E-state index contributed by atoms with van der Waals surface area (Å²) in [5, 5.41) is 2.59. The molecule has 5 rings (SSSR count). The average Bonchev–Trinajstić information content (AvgIpc) is 3.28. The molecule has 0 saturated heterocycles. The van der Waals surface area contributed by atoms with E-state index in [-0.39, 0.29) is 5.56 Å². The number of halogens is 3. The fourth-order valence-electron chi connectivity index (χ4n) is 4.19. The van der Waals surface area contributed by atoms with Gasteiger partial charge in [0.1, 0.15) is 5.01 Å². The van der Waals surface area contributed by atoms with Crippen molar-refractivity contribution < 1.29 is 13.2 Å². The number of H-pyrrole nitrogens is 1. The number of alkyl halides is 3. The number of thiazole rings is 1. The predicted octanol–water partition coefficient (Wildman–Crippen LogP) is 4.44. The average molecular weight is 474 g/mol. The van der Waals surface area contributed by atoms with E-state index in [0.29, 0.717) is 41.5 Å². The van der Waals surface area contributed by atoms with Gasteiger partial charge in [0.2, 0.25) is 0 Å². The van der Waals surface area contributed by atoms with E-state index < -0.39 is 11.7 Å². The van der Waals surface area contributed by atoms with Crippen molar-refractivity contribution in [1.29, 1.82) is 0 Å². The molecule has 2 aliphatic heterocycles. The molecule has 6 nitrogen and oxygen atoms in total. The van der Waals surface area contributed by atoms with E-state index in [1.807, 2.05) is 5.38 Å². The molecule has 0 spiro atoms. The lowest BCUT2D eigenvalue weighted by Gasteiger charge is -2.27. The van der Waals surface area contributed by atoms with Crippen molar-refractivity contribution in [3.05, 3.63) is 68.3 Å². The van der Waals surface area contributed by atoms with E-state index >= 15 is 0 Å². The van der Waals surface area contributed by atoms with E-state index in [0.717, 1.165) is 61.6 Å². The summed E-state index contributed by atoms with van der Waals surface area (Å²) in [4.78, 5) is 31.6. The topological polar surface area (TPSA) is 74.2 Å². The SMILES string of the molecule is O=c1[nH]c(C2=NCCCC2)nc2c1CN(Cc1csc(-c3ccc(C(F)(F)F)cc3)n1)CC2. The highest BCUT2D eigenvalue weighted by atomic mass is 32.1. The van der Waals surface area contributed by atoms with Gasteiger partial charge in [0.05, 0.1) is 28.2 Å². The first-order chi connectivity index (χ1) is 15.9. The highest BCUT2D eigenvalue weighted by molar-refractivity contribution is 7.13. The summed E-state index contributed by atoms with van der Waals surface area (Å²) in [5.74, 6) is 0.604. The molecule has 0 amide bonds. The standard InChI is InChI=1S/C23H22F3N5OS/c24-23(25,26)15-6-4-14(5-7-15)22-28-16(13-33-22)11-31-10-8-18-17(12-31)21(32)30-20(29-18)19-3-1-2-9-27-19/h4-7,13H,1-3,8-12H2,(H,29,30,32). The summed E-state index contributed by atoms with van der Waals surface area (Å²) in [5.41, 5.74) is 3.10. The van der Waals surface area contributed by atoms with Gasteiger partial charge in [0, 0.05) is 43.5 Å². The Morgan fingerprint density at radius 2 is 1.91 bits per heavy atom. The van der Waals surface area contributed by atoms with Gasteiger partial charge in [-0.05, 0) is 31.4 Å². The van der Waals surface area contributed by atoms with Gasteiger partial charge in [-0.2, -0.15) is 13.2 Å². The molecule has 2 aliphatic rings. The minimum atomic E-state index is -4.35. The summed E-state index contributed by atoms with van der Waals surface area (Å²) in [7, 11) is 0. The normalized spacial score (nSPS) is 17.0. The summed E-state index contributed by atoms with van der Waals surface area (Å²) >= 11 is 1.40. The second-order valence-electron chi connectivity index (χ2n) is 8.31. The number of aliphatic imine (C=N–C) groups is 1. The van der Waals surface area contributed by atoms with Crippen LogP contribution in [0.25, 0.3) is 10.6 Å². The van der Waals surface area contributed by atoms with Crippen LogP contribution in [0.5, 0.6) is 0 Å². The highest BCUT2D eigenvalue weighted by Crippen LogP contribution is 2.32. The van der Waals surface area contributed by atoms with Crippen molar-refractivity contribution in [1.82, 2.24) is 19.9 Å². The molecule has 1 N–H and O–H groups in total. The van der Waals surface area contributed by atoms with Gasteiger partial charge in [0.25, 0.3) is 5.56 Å². The minimum absolute atomic E-state index is 0.114. The number of benzene rings is 1. The molecule has 0 fully saturated rings. The van der Waals surface area contributed by atoms with Gasteiger partial charge >= 0.3 is 6.18 Å². The molecule has 0 atom stereocenters. The van der Waals surface area contributed by atoms with Crippen molar-refractivity contribution in [3.63, 3.8) is 0 Å². The molecule has 1 aromatic carbocycles. The van der Waals surface area contributed by atoms with Crippen molar-refractivity contribution in [2.24, 2.45) is 4.99 Å². The zero-order valence-corrected chi connectivity index (χ0v) is 18.6. The van der Waals surface area contributed by atoms with Crippen LogP contribution in [0.1, 0.15) is 47.6 Å². The van der Waals surface area contributed by atoms with Gasteiger partial charge in [-0.1, -0.05) is 12.1 Å². The lowest BCUT2D eigenvalue weighted by atomic mass is 10.1. The zero-order chi connectivity index (χ0) is 23.0. The number of rotatable bonds is 4. The lowest BCUT2D eigenvalue weighted by molar-refractivity contribution is -0.137. The third kappa shape index (κ3) is 4.77. The predicted molar refractivity (Wildman–Crippen MR) is 120 cm³/mol. The van der Waals surface area contributed by atoms with Gasteiger partial charge in [-0.15, -0.1) is 11.3 Å². The van der Waals surface area contributed by atoms with Crippen LogP contribution in [0.3, 0.4) is 0 Å². The number of nitrogens with one attached hydrogen (secondary N) is 1. The van der Waals surface area contributed by atoms with Crippen molar-refractivity contribution >= 4 is 17.0 Å². The first kappa shape index (κ1) is 22.0. The maximum atomic E-state index is 12.8. The molecule has 33 heavy (non-hydrogen) atoms. The van der Waals surface area contributed by atoms with Gasteiger partial charge in [-0.25, -0.2) is 9.97 Å². The monoisotopic (exact) mass is 473 g/mol. The second kappa shape index (κ2) is 8.83. The maximum absolute atomic E-state index is 12.8. The molecule has 0 aliphatic carbocycles. The fourth-order valence-corrected chi connectivity index (χ4v) is 5.00. The molecule has 4 heterocycles. The Labute approximate surface area is 192 Å². The third-order valence-corrected chi connectivity index (χ3v) is 6.88. The molecule has 3 aromatic rings. The number of aromatic amines is 1. The van der Waals surface area contributed by atoms with Gasteiger partial charge in [0.15, 0.2) is 5.82 Å². The van der Waals surface area contributed by atoms with Crippen LogP contribution in [0, 0.1) is 0 Å². The first-order valence-electron chi connectivity index (χ1n) is 10.9. The van der Waals surface area contributed by atoms with E-state index in [9.17, 15) is 18.0 Å². The van der Waals surface area contributed by atoms with Crippen molar-refractivity contribution in [3.8, 4) is 10.6 Å². The molecular weight excluding hydrogens is 451 g/mol. The van der Waals surface area contributed by atoms with E-state index in [4.69, 9.17) is 4.98 Å². The molecule has 172 valence electrons. The number of fused-ring (bicyclic) bond motifs is 1. The van der Waals surface area contributed by atoms with Crippen LogP contribution in [0.4, 0.5) is 13.2 Å². The van der Waals surface area contributed by atoms with Crippen molar-refractivity contribution in [2.75, 3.05) is 13.1 Å². The van der Waals surface area contributed by atoms with E-state index in [2.05, 4.69) is 19.9 Å². The highest BCUT2D eigenvalue weighted by Gasteiger charge is 2.30. The Kier molecular flexibility index (Phi) is 5.88. The molecule has 0 unspecified atom stereocenters. The maximum Gasteiger partial charge on any atom is 0.416 e. The zero-order valence-electron chi connectivity index (χ0n) is 17.8. The van der Waals surface area contributed by atoms with Gasteiger partial charge in [-0.3, -0.25) is 14.7 Å². The molecular formula is C23H22F3N5OS. The van der Waals surface area contributed by atoms with Crippen LogP contribution in [0.2, 0.25) is 0 Å². The Morgan fingerprint density at radius 1 is 1.09 bits per heavy atom. The molecule has 0 radical (unpaired) electrons. The Hall–Kier alpha value is -2.85. The summed E-state index contributed by atoms with van der Waals surface area (Å²) in [6, 6.07) is 5.04. The molecule has 0 bridgehead atoms. The number of nitrogens with zero attached hydrogens (tertiary/aromatic N) is 4. The Morgan fingerprint density at radius 3 is 2.64 bits per heavy atom. The molecule has 10 heteroatoms. The largest absolute Gasteiger partial charge is 0.416 e. The van der Waals surface area contributed by atoms with Crippen LogP contribution in [0.15, 0.2) is 39.4 Å². The lowest BCUT2D eigenvalue weighted by Crippen LogP contribution is -2.36.